The van der Waals surface area contributed by atoms with Crippen molar-refractivity contribution in [2.75, 3.05) is 13.1 Å². The zero-order chi connectivity index (χ0) is 16.5. The van der Waals surface area contributed by atoms with Crippen LogP contribution in [0.15, 0.2) is 57.8 Å². The molecule has 1 aliphatic heterocycles. The molecule has 0 aromatic heterocycles. The standard InChI is InChI=1S/C15H19ClF2N4/c1-10(2)5-11(7-21-9-14(17)18)6-20-8-12-13(19)3-4-22-15(12)16/h3-5,7-8,13-14,20H,1,6,9,19H2,2H3/b11-5-,12-8+,21-7-. The van der Waals surface area contributed by atoms with E-state index in [9.17, 15) is 8.78 Å². The first-order valence-corrected chi connectivity index (χ1v) is 7.01. The maximum atomic E-state index is 12.1. The van der Waals surface area contributed by atoms with Crippen molar-refractivity contribution in [3.05, 3.63) is 47.9 Å². The Morgan fingerprint density at radius 3 is 2.95 bits per heavy atom. The zero-order valence-corrected chi connectivity index (χ0v) is 13.0. The highest BCUT2D eigenvalue weighted by atomic mass is 35.5. The average molecular weight is 329 g/mol. The first kappa shape index (κ1) is 18.3. The first-order valence-electron chi connectivity index (χ1n) is 6.63. The molecule has 1 rings (SSSR count). The van der Waals surface area contributed by atoms with Gasteiger partial charge in [0.15, 0.2) is 0 Å². The van der Waals surface area contributed by atoms with E-state index in [-0.39, 0.29) is 6.04 Å². The van der Waals surface area contributed by atoms with E-state index in [1.807, 2.05) is 6.92 Å². The molecule has 4 nitrogen and oxygen atoms in total. The predicted octanol–water partition coefficient (Wildman–Crippen LogP) is 2.79. The van der Waals surface area contributed by atoms with Gasteiger partial charge in [0.2, 0.25) is 0 Å². The molecule has 0 spiro atoms. The second kappa shape index (κ2) is 9.27. The Labute approximate surface area is 133 Å². The van der Waals surface area contributed by atoms with Crippen molar-refractivity contribution < 1.29 is 8.78 Å². The molecule has 22 heavy (non-hydrogen) atoms. The van der Waals surface area contributed by atoms with Crippen molar-refractivity contribution in [1.29, 1.82) is 0 Å². The SMILES string of the molecule is C=C(C)/C=C(\C=N/CC(F)F)CN/C=C1/C(Cl)=NC=CC1N. The minimum Gasteiger partial charge on any atom is -0.386 e. The molecule has 1 heterocycles. The third kappa shape index (κ3) is 6.78. The van der Waals surface area contributed by atoms with Crippen molar-refractivity contribution in [3.63, 3.8) is 0 Å². The van der Waals surface area contributed by atoms with Crippen LogP contribution in [0.2, 0.25) is 0 Å². The maximum Gasteiger partial charge on any atom is 0.257 e. The summed E-state index contributed by atoms with van der Waals surface area (Å²) in [5, 5.41) is 3.35. The molecule has 1 aliphatic rings. The van der Waals surface area contributed by atoms with Crippen LogP contribution in [-0.4, -0.2) is 36.9 Å². The van der Waals surface area contributed by atoms with Gasteiger partial charge in [-0.2, -0.15) is 0 Å². The fourth-order valence-electron chi connectivity index (χ4n) is 1.65. The fourth-order valence-corrected chi connectivity index (χ4v) is 1.89. The van der Waals surface area contributed by atoms with Crippen molar-refractivity contribution in [3.8, 4) is 0 Å². The molecule has 7 heteroatoms. The van der Waals surface area contributed by atoms with E-state index in [0.717, 1.165) is 11.1 Å². The van der Waals surface area contributed by atoms with E-state index in [2.05, 4.69) is 21.9 Å². The van der Waals surface area contributed by atoms with Gasteiger partial charge in [0.05, 0.1) is 12.6 Å². The van der Waals surface area contributed by atoms with E-state index in [1.165, 1.54) is 6.21 Å². The highest BCUT2D eigenvalue weighted by molar-refractivity contribution is 6.70. The van der Waals surface area contributed by atoms with E-state index in [1.54, 1.807) is 24.6 Å². The number of hydrogen-bond donors (Lipinski definition) is 2. The Kier molecular flexibility index (Phi) is 7.70. The molecule has 0 aromatic rings. The summed E-state index contributed by atoms with van der Waals surface area (Å²) >= 11 is 5.97. The molecule has 0 saturated heterocycles. The minimum atomic E-state index is -2.46. The maximum absolute atomic E-state index is 12.1. The molecule has 3 N–H and O–H groups in total. The molecule has 0 aliphatic carbocycles. The Morgan fingerprint density at radius 2 is 2.36 bits per heavy atom. The van der Waals surface area contributed by atoms with Crippen LogP contribution >= 0.6 is 11.6 Å². The van der Waals surface area contributed by atoms with Crippen LogP contribution < -0.4 is 11.1 Å². The number of alkyl halides is 2. The van der Waals surface area contributed by atoms with Crippen LogP contribution in [0.5, 0.6) is 0 Å². The van der Waals surface area contributed by atoms with Gasteiger partial charge in [0.1, 0.15) is 5.17 Å². The smallest absolute Gasteiger partial charge is 0.257 e. The van der Waals surface area contributed by atoms with E-state index in [0.29, 0.717) is 17.3 Å². The van der Waals surface area contributed by atoms with Crippen molar-refractivity contribution >= 4 is 23.0 Å². The van der Waals surface area contributed by atoms with Crippen molar-refractivity contribution in [1.82, 2.24) is 5.32 Å². The molecule has 0 saturated carbocycles. The molecule has 0 aromatic carbocycles. The van der Waals surface area contributed by atoms with Gasteiger partial charge < -0.3 is 11.1 Å². The van der Waals surface area contributed by atoms with Crippen LogP contribution in [-0.2, 0) is 0 Å². The van der Waals surface area contributed by atoms with Gasteiger partial charge in [0.25, 0.3) is 6.43 Å². The number of halogens is 3. The molecule has 0 bridgehead atoms. The lowest BCUT2D eigenvalue weighted by Gasteiger charge is -2.14. The Morgan fingerprint density at radius 1 is 1.64 bits per heavy atom. The summed E-state index contributed by atoms with van der Waals surface area (Å²) in [6, 6.07) is -0.335. The highest BCUT2D eigenvalue weighted by Gasteiger charge is 2.13. The summed E-state index contributed by atoms with van der Waals surface area (Å²) < 4.78 is 24.2. The number of allylic oxidation sites excluding steroid dienone is 2. The molecule has 120 valence electrons. The highest BCUT2D eigenvalue weighted by Crippen LogP contribution is 2.12. The summed E-state index contributed by atoms with van der Waals surface area (Å²) in [5.74, 6) is 0. The van der Waals surface area contributed by atoms with Crippen LogP contribution in [0.25, 0.3) is 0 Å². The topological polar surface area (TPSA) is 62.8 Å². The second-order valence-electron chi connectivity index (χ2n) is 4.72. The lowest BCUT2D eigenvalue weighted by Crippen LogP contribution is -2.27. The number of hydrogen-bond acceptors (Lipinski definition) is 4. The third-order valence-corrected chi connectivity index (χ3v) is 2.89. The van der Waals surface area contributed by atoms with Crippen LogP contribution in [0, 0.1) is 0 Å². The van der Waals surface area contributed by atoms with Crippen LogP contribution in [0.1, 0.15) is 6.92 Å². The van der Waals surface area contributed by atoms with Crippen molar-refractivity contribution in [2.45, 2.75) is 19.4 Å². The molecular weight excluding hydrogens is 310 g/mol. The number of aliphatic imine (C=N–C) groups is 2. The molecule has 1 unspecified atom stereocenters. The molecule has 0 fully saturated rings. The third-order valence-electron chi connectivity index (χ3n) is 2.57. The van der Waals surface area contributed by atoms with Gasteiger partial charge >= 0.3 is 0 Å². The van der Waals surface area contributed by atoms with Crippen LogP contribution in [0.3, 0.4) is 0 Å². The van der Waals surface area contributed by atoms with E-state index in [4.69, 9.17) is 17.3 Å². The number of nitrogens with zero attached hydrogens (tertiary/aromatic N) is 2. The molecule has 0 amide bonds. The van der Waals surface area contributed by atoms with E-state index < -0.39 is 13.0 Å². The Hall–Kier alpha value is -1.79. The molecule has 0 radical (unpaired) electrons. The lowest BCUT2D eigenvalue weighted by molar-refractivity contribution is 0.159. The molecule has 1 atom stereocenters. The number of nitrogens with two attached hydrogens (primary N) is 1. The van der Waals surface area contributed by atoms with Gasteiger partial charge in [-0.1, -0.05) is 29.8 Å². The largest absolute Gasteiger partial charge is 0.386 e. The summed E-state index contributed by atoms with van der Waals surface area (Å²) in [6.07, 6.45) is 5.63. The zero-order valence-electron chi connectivity index (χ0n) is 12.3. The Balaban J connectivity index is 2.68. The second-order valence-corrected chi connectivity index (χ2v) is 5.08. The summed E-state index contributed by atoms with van der Waals surface area (Å²) in [5.41, 5.74) is 8.05. The van der Waals surface area contributed by atoms with Crippen LogP contribution in [0.4, 0.5) is 8.78 Å². The normalized spacial score (nSPS) is 20.8. The lowest BCUT2D eigenvalue weighted by atomic mass is 10.1. The Bertz CT molecular complexity index is 548. The minimum absolute atomic E-state index is 0.319. The first-order chi connectivity index (χ1) is 10.4. The van der Waals surface area contributed by atoms with Gasteiger partial charge in [0, 0.05) is 30.7 Å². The van der Waals surface area contributed by atoms with Gasteiger partial charge in [-0.25, -0.2) is 13.8 Å². The predicted molar refractivity (Wildman–Crippen MR) is 88.7 cm³/mol. The monoisotopic (exact) mass is 328 g/mol. The average Bonchev–Trinajstić information content (AvgIpc) is 2.40. The van der Waals surface area contributed by atoms with Gasteiger partial charge in [-0.05, 0) is 18.6 Å². The van der Waals surface area contributed by atoms with Crippen molar-refractivity contribution in [2.24, 2.45) is 15.7 Å². The van der Waals surface area contributed by atoms with Gasteiger partial charge in [-0.3, -0.25) is 4.99 Å². The summed E-state index contributed by atoms with van der Waals surface area (Å²) in [7, 11) is 0. The number of rotatable bonds is 7. The fraction of sp³-hybridized carbons (Fsp3) is 0.333. The number of nitrogens with one attached hydrogen (secondary N) is 1. The summed E-state index contributed by atoms with van der Waals surface area (Å²) in [4.78, 5) is 7.64. The molecular formula is C15H19ClF2N4. The quantitative estimate of drug-likeness (QED) is 0.557. The summed E-state index contributed by atoms with van der Waals surface area (Å²) in [6.45, 7) is 5.43. The van der Waals surface area contributed by atoms with Gasteiger partial charge in [-0.15, -0.1) is 0 Å². The van der Waals surface area contributed by atoms with E-state index >= 15 is 0 Å².